The highest BCUT2D eigenvalue weighted by Crippen LogP contribution is 2.30. The zero-order valence-electron chi connectivity index (χ0n) is 23.3. The standard InChI is InChI=1S/C30H43N3O5/c1-23-9-10-26(17-25(23)3)38-22-30(36)20-31(15-16-33(21-30)28(34)18-37-4)19-29(35)11-13-32(14-12-29)27-8-6-5-7-24(27)2/h5-10,17,35-36H,11-16,18-22H2,1-4H3. The lowest BCUT2D eigenvalue weighted by Gasteiger charge is -2.43. The summed E-state index contributed by atoms with van der Waals surface area (Å²) in [6, 6.07) is 14.2. The van der Waals surface area contributed by atoms with Crippen LogP contribution in [0.3, 0.4) is 0 Å². The van der Waals surface area contributed by atoms with Gasteiger partial charge in [0.2, 0.25) is 5.91 Å². The number of para-hydroxylation sites is 1. The maximum absolute atomic E-state index is 12.7. The van der Waals surface area contributed by atoms with Gasteiger partial charge in [-0.05, 0) is 68.5 Å². The monoisotopic (exact) mass is 525 g/mol. The molecular formula is C30H43N3O5. The second kappa shape index (κ2) is 12.0. The van der Waals surface area contributed by atoms with E-state index in [-0.39, 0.29) is 25.7 Å². The molecule has 4 rings (SSSR count). The molecule has 0 saturated carbocycles. The van der Waals surface area contributed by atoms with Crippen LogP contribution in [0.25, 0.3) is 0 Å². The second-order valence-electron chi connectivity index (χ2n) is 11.2. The van der Waals surface area contributed by atoms with Crippen LogP contribution in [0.2, 0.25) is 0 Å². The molecule has 0 aliphatic carbocycles. The highest BCUT2D eigenvalue weighted by atomic mass is 16.5. The lowest BCUT2D eigenvalue weighted by Crippen LogP contribution is -2.56. The van der Waals surface area contributed by atoms with Gasteiger partial charge < -0.3 is 29.5 Å². The van der Waals surface area contributed by atoms with Gasteiger partial charge in [-0.25, -0.2) is 0 Å². The Morgan fingerprint density at radius 3 is 2.32 bits per heavy atom. The number of carbonyl (C=O) groups excluding carboxylic acids is 1. The fraction of sp³-hybridized carbons (Fsp3) is 0.567. The number of hydrogen-bond acceptors (Lipinski definition) is 7. The molecule has 1 unspecified atom stereocenters. The topological polar surface area (TPSA) is 85.7 Å². The molecule has 2 aromatic rings. The van der Waals surface area contributed by atoms with E-state index in [1.165, 1.54) is 23.9 Å². The van der Waals surface area contributed by atoms with Gasteiger partial charge in [0.25, 0.3) is 0 Å². The summed E-state index contributed by atoms with van der Waals surface area (Å²) in [5, 5.41) is 23.3. The summed E-state index contributed by atoms with van der Waals surface area (Å²) in [5.74, 6) is 0.526. The number of ether oxygens (including phenoxy) is 2. The molecule has 2 aliphatic heterocycles. The first kappa shape index (κ1) is 28.4. The third-order valence-corrected chi connectivity index (χ3v) is 7.96. The molecule has 2 heterocycles. The Bertz CT molecular complexity index is 1100. The van der Waals surface area contributed by atoms with Crippen LogP contribution in [0.4, 0.5) is 5.69 Å². The Kier molecular flexibility index (Phi) is 8.98. The summed E-state index contributed by atoms with van der Waals surface area (Å²) < 4.78 is 11.1. The van der Waals surface area contributed by atoms with Crippen molar-refractivity contribution in [1.29, 1.82) is 0 Å². The van der Waals surface area contributed by atoms with E-state index < -0.39 is 11.2 Å². The fourth-order valence-electron chi connectivity index (χ4n) is 5.57. The second-order valence-corrected chi connectivity index (χ2v) is 11.2. The molecule has 0 aromatic heterocycles. The number of β-amino-alcohol motifs (C(OH)–C–C–N with tert-alkyl or cyclic N) is 2. The summed E-state index contributed by atoms with van der Waals surface area (Å²) in [4.78, 5) is 18.8. The Balaban J connectivity index is 1.44. The van der Waals surface area contributed by atoms with Crippen molar-refractivity contribution in [1.82, 2.24) is 9.80 Å². The van der Waals surface area contributed by atoms with E-state index in [4.69, 9.17) is 9.47 Å². The number of piperidine rings is 1. The van der Waals surface area contributed by atoms with Gasteiger partial charge in [0, 0.05) is 52.1 Å². The molecule has 8 nitrogen and oxygen atoms in total. The van der Waals surface area contributed by atoms with Crippen molar-refractivity contribution in [3.8, 4) is 5.75 Å². The van der Waals surface area contributed by atoms with Crippen molar-refractivity contribution in [2.45, 2.75) is 44.8 Å². The Morgan fingerprint density at radius 1 is 0.895 bits per heavy atom. The molecule has 1 amide bonds. The van der Waals surface area contributed by atoms with Gasteiger partial charge in [0.05, 0.1) is 12.1 Å². The smallest absolute Gasteiger partial charge is 0.248 e. The summed E-state index contributed by atoms with van der Waals surface area (Å²) in [6.45, 7) is 9.65. The minimum Gasteiger partial charge on any atom is -0.490 e. The molecular weight excluding hydrogens is 482 g/mol. The first-order chi connectivity index (χ1) is 18.1. The number of methoxy groups -OCH3 is 1. The number of nitrogens with zero attached hydrogens (tertiary/aromatic N) is 3. The molecule has 2 fully saturated rings. The van der Waals surface area contributed by atoms with Crippen molar-refractivity contribution in [3.63, 3.8) is 0 Å². The Hall–Kier alpha value is -2.65. The molecule has 1 atom stereocenters. The largest absolute Gasteiger partial charge is 0.490 e. The summed E-state index contributed by atoms with van der Waals surface area (Å²) in [6.07, 6.45) is 1.28. The van der Waals surface area contributed by atoms with Gasteiger partial charge in [0.1, 0.15) is 24.6 Å². The van der Waals surface area contributed by atoms with Crippen molar-refractivity contribution in [2.24, 2.45) is 0 Å². The number of hydrogen-bond donors (Lipinski definition) is 2. The van der Waals surface area contributed by atoms with Crippen LogP contribution in [0, 0.1) is 20.8 Å². The zero-order valence-corrected chi connectivity index (χ0v) is 23.3. The van der Waals surface area contributed by atoms with Gasteiger partial charge in [-0.1, -0.05) is 24.3 Å². The predicted molar refractivity (Wildman–Crippen MR) is 149 cm³/mol. The van der Waals surface area contributed by atoms with Gasteiger partial charge in [-0.3, -0.25) is 9.69 Å². The van der Waals surface area contributed by atoms with Gasteiger partial charge in [-0.2, -0.15) is 0 Å². The van der Waals surface area contributed by atoms with Crippen molar-refractivity contribution in [2.75, 3.05) is 71.0 Å². The molecule has 2 aliphatic rings. The summed E-state index contributed by atoms with van der Waals surface area (Å²) in [5.41, 5.74) is 2.59. The van der Waals surface area contributed by atoms with Crippen molar-refractivity contribution >= 4 is 11.6 Å². The molecule has 0 bridgehead atoms. The first-order valence-electron chi connectivity index (χ1n) is 13.5. The number of aliphatic hydroxyl groups is 2. The first-order valence-corrected chi connectivity index (χ1v) is 13.5. The third kappa shape index (κ3) is 7.05. The molecule has 2 saturated heterocycles. The lowest BCUT2D eigenvalue weighted by molar-refractivity contribution is -0.138. The average molecular weight is 526 g/mol. The van der Waals surface area contributed by atoms with Crippen LogP contribution >= 0.6 is 0 Å². The van der Waals surface area contributed by atoms with E-state index in [1.807, 2.05) is 38.1 Å². The van der Waals surface area contributed by atoms with Gasteiger partial charge in [-0.15, -0.1) is 0 Å². The number of aryl methyl sites for hydroxylation is 3. The quantitative estimate of drug-likeness (QED) is 0.548. The summed E-state index contributed by atoms with van der Waals surface area (Å²) >= 11 is 0. The van der Waals surface area contributed by atoms with Crippen molar-refractivity contribution < 1.29 is 24.5 Å². The number of amides is 1. The molecule has 8 heteroatoms. The highest BCUT2D eigenvalue weighted by Gasteiger charge is 2.41. The molecule has 208 valence electrons. The number of anilines is 1. The summed E-state index contributed by atoms with van der Waals surface area (Å²) in [7, 11) is 1.50. The van der Waals surface area contributed by atoms with Crippen LogP contribution in [0.15, 0.2) is 42.5 Å². The molecule has 2 aromatic carbocycles. The molecule has 0 radical (unpaired) electrons. The van der Waals surface area contributed by atoms with E-state index in [0.29, 0.717) is 44.8 Å². The van der Waals surface area contributed by atoms with Crippen LogP contribution in [0.5, 0.6) is 5.75 Å². The maximum atomic E-state index is 12.7. The van der Waals surface area contributed by atoms with Crippen LogP contribution in [-0.4, -0.2) is 103 Å². The van der Waals surface area contributed by atoms with E-state index in [1.54, 1.807) is 4.90 Å². The SMILES string of the molecule is COCC(=O)N1CCN(CC2(O)CCN(c3ccccc3C)CC2)CC(O)(COc2ccc(C)c(C)c2)C1. The van der Waals surface area contributed by atoms with E-state index in [0.717, 1.165) is 18.7 Å². The van der Waals surface area contributed by atoms with Crippen LogP contribution < -0.4 is 9.64 Å². The lowest BCUT2D eigenvalue weighted by atomic mass is 9.89. The fourth-order valence-corrected chi connectivity index (χ4v) is 5.57. The number of rotatable bonds is 8. The Morgan fingerprint density at radius 2 is 1.63 bits per heavy atom. The number of carbonyl (C=O) groups is 1. The van der Waals surface area contributed by atoms with Crippen LogP contribution in [-0.2, 0) is 9.53 Å². The van der Waals surface area contributed by atoms with E-state index in [2.05, 4.69) is 34.9 Å². The van der Waals surface area contributed by atoms with Gasteiger partial charge in [0.15, 0.2) is 0 Å². The third-order valence-electron chi connectivity index (χ3n) is 7.96. The van der Waals surface area contributed by atoms with E-state index >= 15 is 0 Å². The maximum Gasteiger partial charge on any atom is 0.248 e. The Labute approximate surface area is 226 Å². The highest BCUT2D eigenvalue weighted by molar-refractivity contribution is 5.77. The molecule has 38 heavy (non-hydrogen) atoms. The minimum absolute atomic E-state index is 0.0350. The van der Waals surface area contributed by atoms with Crippen LogP contribution in [0.1, 0.15) is 29.5 Å². The molecule has 0 spiro atoms. The molecule has 2 N–H and O–H groups in total. The number of benzene rings is 2. The van der Waals surface area contributed by atoms with Gasteiger partial charge >= 0.3 is 0 Å². The zero-order chi connectivity index (χ0) is 27.3. The minimum atomic E-state index is -1.29. The average Bonchev–Trinajstić information content (AvgIpc) is 3.04. The normalized spacial score (nSPS) is 22.3. The van der Waals surface area contributed by atoms with Crippen molar-refractivity contribution in [3.05, 3.63) is 59.2 Å². The predicted octanol–water partition coefficient (Wildman–Crippen LogP) is 2.54. The van der Waals surface area contributed by atoms with E-state index in [9.17, 15) is 15.0 Å².